The largest absolute Gasteiger partial charge is 0.394 e. The molecule has 1 amide bonds. The van der Waals surface area contributed by atoms with Gasteiger partial charge < -0.3 is 116 Å². The Bertz CT molecular complexity index is 1720. The maximum atomic E-state index is 12.4. The number of ether oxygens (including phenoxy) is 5. The van der Waals surface area contributed by atoms with Crippen LogP contribution in [0, 0.1) is 5.92 Å². The van der Waals surface area contributed by atoms with Crippen LogP contribution in [-0.2, 0) is 218 Å². The molecule has 10 N–H and O–H groups in total. The van der Waals surface area contributed by atoms with Crippen molar-refractivity contribution in [2.45, 2.75) is 192 Å². The van der Waals surface area contributed by atoms with E-state index in [0.29, 0.717) is 69.9 Å². The van der Waals surface area contributed by atoms with Crippen LogP contribution >= 0.6 is 41.3 Å². The van der Waals surface area contributed by atoms with Crippen LogP contribution in [0.3, 0.4) is 0 Å². The monoisotopic (exact) mass is 1670 g/mol. The quantitative estimate of drug-likeness (QED) is 0.0309. The van der Waals surface area contributed by atoms with Gasteiger partial charge in [0, 0.05) is 176 Å². The molecule has 2 heterocycles. The summed E-state index contributed by atoms with van der Waals surface area (Å²) in [4.78, 5) is 11.6. The van der Waals surface area contributed by atoms with Crippen molar-refractivity contribution in [2.24, 2.45) is 5.92 Å². The molecule has 0 aromatic heterocycles. The van der Waals surface area contributed by atoms with Crippen molar-refractivity contribution in [3.8, 4) is 0 Å². The van der Waals surface area contributed by atoms with Gasteiger partial charge in [-0.25, -0.2) is 0 Å². The third-order valence-electron chi connectivity index (χ3n) is 12.2. The van der Waals surface area contributed by atoms with Gasteiger partial charge >= 0.3 is 33.0 Å². The van der Waals surface area contributed by atoms with Crippen molar-refractivity contribution in [1.82, 2.24) is 9.99 Å². The van der Waals surface area contributed by atoms with Crippen molar-refractivity contribution < 1.29 is 264 Å². The van der Waals surface area contributed by atoms with Crippen LogP contribution in [0.5, 0.6) is 0 Å². The predicted octanol–water partition coefficient (Wildman–Crippen LogP) is 2.66. The van der Waals surface area contributed by atoms with E-state index in [9.17, 15) is 53.7 Å². The van der Waals surface area contributed by atoms with Gasteiger partial charge in [0.05, 0.1) is 91.5 Å². The molecule has 0 aromatic rings. The fourth-order valence-corrected chi connectivity index (χ4v) is 12.1. The number of amides is 1. The number of hydrogen-bond donors (Lipinski definition) is 10. The van der Waals surface area contributed by atoms with Crippen molar-refractivity contribution in [1.29, 1.82) is 0 Å². The summed E-state index contributed by atoms with van der Waals surface area (Å²) >= 11 is 0. The van der Waals surface area contributed by atoms with E-state index in [1.165, 1.54) is 14.0 Å². The zero-order chi connectivity index (χ0) is 62.9. The third kappa shape index (κ3) is 47.1. The van der Waals surface area contributed by atoms with Crippen molar-refractivity contribution in [3.05, 3.63) is 0 Å². The topological polar surface area (TPSA) is 412 Å². The molecule has 2 fully saturated rings. The zero-order valence-electron chi connectivity index (χ0n) is 52.2. The molecular formula is C48H103N2O28P5Y4. The van der Waals surface area contributed by atoms with E-state index in [-0.39, 0.29) is 184 Å². The van der Waals surface area contributed by atoms with Crippen molar-refractivity contribution in [2.75, 3.05) is 106 Å². The van der Waals surface area contributed by atoms with Gasteiger partial charge in [-0.15, -0.1) is 0 Å². The van der Waals surface area contributed by atoms with E-state index in [1.807, 2.05) is 0 Å². The minimum Gasteiger partial charge on any atom is -0.394 e. The van der Waals surface area contributed by atoms with E-state index < -0.39 is 147 Å². The van der Waals surface area contributed by atoms with Gasteiger partial charge in [-0.1, -0.05) is 20.8 Å². The number of nitrogens with zero attached hydrogens (tertiary/aromatic N) is 1. The molecule has 39 heteroatoms. The average molecular weight is 1670 g/mol. The van der Waals surface area contributed by atoms with Crippen molar-refractivity contribution in [3.63, 3.8) is 0 Å². The fourth-order valence-electron chi connectivity index (χ4n) is 7.78. The molecule has 16 atom stereocenters. The molecule has 4 radical (unpaired) electrons. The molecule has 0 aliphatic carbocycles. The second-order valence-electron chi connectivity index (χ2n) is 19.5. The molecule has 2 aliphatic heterocycles. The number of rotatable bonds is 45. The van der Waals surface area contributed by atoms with Crippen LogP contribution in [0.15, 0.2) is 0 Å². The predicted molar refractivity (Wildman–Crippen MR) is 307 cm³/mol. The number of hydrogen-bond acceptors (Lipinski definition) is 29. The zero-order valence-corrected chi connectivity index (χ0v) is 68.4. The summed E-state index contributed by atoms with van der Waals surface area (Å²) in [5.74, 6) is -0.997. The Hall–Kier alpha value is 4.28. The normalized spacial score (nSPS) is 24.0. The smallest absolute Gasteiger partial charge is 0.319 e. The second-order valence-corrected chi connectivity index (χ2v) is 25.5. The average Bonchev–Trinajstić information content (AvgIpc) is 3.50. The molecule has 0 aromatic carbocycles. The van der Waals surface area contributed by atoms with Crippen LogP contribution in [0.4, 0.5) is 0 Å². The first kappa shape index (κ1) is 99.9. The third-order valence-corrected chi connectivity index (χ3v) is 17.7. The molecular weight excluding hydrogens is 1560 g/mol. The van der Waals surface area contributed by atoms with E-state index in [4.69, 9.17) is 75.2 Å². The van der Waals surface area contributed by atoms with Crippen LogP contribution < -0.4 is 5.32 Å². The van der Waals surface area contributed by atoms with Gasteiger partial charge in [0.2, 0.25) is 5.91 Å². The summed E-state index contributed by atoms with van der Waals surface area (Å²) in [5.41, 5.74) is 0. The van der Waals surface area contributed by atoms with Crippen LogP contribution in [0.2, 0.25) is 0 Å². The summed E-state index contributed by atoms with van der Waals surface area (Å²) in [6, 6.07) is -0.00818. The Morgan fingerprint density at radius 3 is 1.45 bits per heavy atom. The van der Waals surface area contributed by atoms with Crippen molar-refractivity contribution >= 4 is 47.2 Å². The molecule has 0 saturated carbocycles. The van der Waals surface area contributed by atoms with E-state index >= 15 is 0 Å². The molecule has 0 bridgehead atoms. The minimum absolute atomic E-state index is 0. The number of carbonyl (C=O) groups is 1. The van der Waals surface area contributed by atoms with Crippen LogP contribution in [0.1, 0.15) is 107 Å². The van der Waals surface area contributed by atoms with Crippen LogP contribution in [-0.4, -0.2) is 248 Å². The number of aliphatic hydroxyl groups is 9. The SMILES string of the molecule is CCC(CC)OCCOP(C)N(C(C)C)C(C)C.CO[PH](=O)OCCO[PH](=O)OC(CO[PH](=O)OCCCCCOC1OC(CO)C(O)C(O)C1C)CO[PH](=O)OCCCCCOC1OC(CO)C(O)C(O)C1NC(C)=O.OCC(O)CO.[Y].[Y].[Y].[Y]. The molecule has 30 nitrogen and oxygen atoms in total. The summed E-state index contributed by atoms with van der Waals surface area (Å²) < 4.78 is 126. The maximum Gasteiger partial charge on any atom is 0.319 e. The molecule has 16 unspecified atom stereocenters. The van der Waals surface area contributed by atoms with Gasteiger partial charge in [-0.3, -0.25) is 27.7 Å². The van der Waals surface area contributed by atoms with E-state index in [1.54, 1.807) is 6.92 Å². The molecule has 510 valence electrons. The first-order chi connectivity index (χ1) is 39.5. The Morgan fingerprint density at radius 1 is 0.586 bits per heavy atom. The van der Waals surface area contributed by atoms with Gasteiger partial charge in [0.25, 0.3) is 0 Å². The first-order valence-corrected chi connectivity index (χ1v) is 34.6. The number of unbranched alkanes of at least 4 members (excludes halogenated alkanes) is 4. The Balaban J connectivity index is -0.000000670. The molecule has 2 rings (SSSR count). The van der Waals surface area contributed by atoms with Gasteiger partial charge in [-0.2, -0.15) is 0 Å². The van der Waals surface area contributed by atoms with Gasteiger partial charge in [0.1, 0.15) is 57.1 Å². The molecule has 2 aliphatic rings. The first-order valence-electron chi connectivity index (χ1n) is 28.0. The summed E-state index contributed by atoms with van der Waals surface area (Å²) in [6.45, 7) is 17.0. The fraction of sp³-hybridized carbons (Fsp3) is 0.979. The van der Waals surface area contributed by atoms with E-state index in [0.717, 1.165) is 12.8 Å². The number of nitrogens with one attached hydrogen (secondary N) is 1. The minimum atomic E-state index is -3.22. The molecule has 2 saturated heterocycles. The summed E-state index contributed by atoms with van der Waals surface area (Å²) in [6.07, 6.45) is -5.72. The van der Waals surface area contributed by atoms with Gasteiger partial charge in [0.15, 0.2) is 12.6 Å². The van der Waals surface area contributed by atoms with E-state index in [2.05, 4.69) is 62.7 Å². The Kier molecular flexibility index (Phi) is 71.8. The maximum absolute atomic E-state index is 12.4. The number of carbonyl (C=O) groups excluding carboxylic acids is 1. The summed E-state index contributed by atoms with van der Waals surface area (Å²) in [7, 11) is -11.4. The Labute approximate surface area is 619 Å². The molecule has 0 spiro atoms. The number of aliphatic hydroxyl groups excluding tert-OH is 9. The van der Waals surface area contributed by atoms with Crippen LogP contribution in [0.25, 0.3) is 0 Å². The Morgan fingerprint density at radius 2 is 1.02 bits per heavy atom. The molecule has 87 heavy (non-hydrogen) atoms. The summed E-state index contributed by atoms with van der Waals surface area (Å²) in [5, 5.41) is 85.8. The standard InChI is InChI=1S/C31H63NO23P4.C14H32NO2P.C3H8O3.4Y/c1-20-26(36)27(37)23(16-33)53-30(20)45-10-6-4-8-12-47-57(41)51-18-22(55-59(43)50-15-14-49-56(40)44-3)19-52-58(42)48-13-9-5-7-11-46-31-25(32-21(2)35)29(39)28(38)24(17-34)54-31;1-8-14(9-2)16-10-11-17-18(7)15(12(3)4)13(5)6;4-1-3(6)2-5;;;;/h20,22-31,33-34,36-39,56-59H,4-19H2,1-3H3,(H,32,35);12-14H,8-11H2,1-7H3;3-6H,1-2H2;;;;. The second kappa shape index (κ2) is 62.5. The van der Waals surface area contributed by atoms with Gasteiger partial charge in [-0.05, 0) is 85.7 Å².